The van der Waals surface area contributed by atoms with Gasteiger partial charge in [-0.3, -0.25) is 9.59 Å². The third-order valence-electron chi connectivity index (χ3n) is 5.14. The van der Waals surface area contributed by atoms with Crippen LogP contribution >= 0.6 is 0 Å². The van der Waals surface area contributed by atoms with Gasteiger partial charge in [-0.15, -0.1) is 0 Å². The Morgan fingerprint density at radius 3 is 2.68 bits per heavy atom. The fraction of sp³-hybridized carbons (Fsp3) is 0.550. The van der Waals surface area contributed by atoms with Gasteiger partial charge in [-0.05, 0) is 44.4 Å². The summed E-state index contributed by atoms with van der Waals surface area (Å²) < 4.78 is 0. The van der Waals surface area contributed by atoms with Gasteiger partial charge < -0.3 is 4.90 Å². The van der Waals surface area contributed by atoms with Crippen LogP contribution in [0.15, 0.2) is 29.4 Å². The molecule has 5 nitrogen and oxygen atoms in total. The predicted octanol–water partition coefficient (Wildman–Crippen LogP) is 3.66. The molecule has 1 aliphatic heterocycles. The Morgan fingerprint density at radius 1 is 1.24 bits per heavy atom. The molecule has 0 spiro atoms. The van der Waals surface area contributed by atoms with Crippen LogP contribution < -0.4 is 5.01 Å². The molecule has 0 radical (unpaired) electrons. The quantitative estimate of drug-likeness (QED) is 0.839. The normalized spacial score (nSPS) is 18.9. The average molecular weight is 341 g/mol. The lowest BCUT2D eigenvalue weighted by atomic mass is 9.93. The second kappa shape index (κ2) is 7.81. The first-order valence-electron chi connectivity index (χ1n) is 9.38. The van der Waals surface area contributed by atoms with Gasteiger partial charge in [-0.25, -0.2) is 5.01 Å². The van der Waals surface area contributed by atoms with Crippen molar-refractivity contribution in [1.29, 1.82) is 0 Å². The number of hydrazone groups is 1. The summed E-state index contributed by atoms with van der Waals surface area (Å²) in [4.78, 5) is 27.3. The molecule has 25 heavy (non-hydrogen) atoms. The van der Waals surface area contributed by atoms with Gasteiger partial charge in [0.25, 0.3) is 5.91 Å². The van der Waals surface area contributed by atoms with Crippen LogP contribution in [0, 0.1) is 6.92 Å². The van der Waals surface area contributed by atoms with Gasteiger partial charge in [0.1, 0.15) is 5.71 Å². The Morgan fingerprint density at radius 2 is 2.00 bits per heavy atom. The first-order valence-corrected chi connectivity index (χ1v) is 9.38. The minimum absolute atomic E-state index is 0.000414. The molecule has 1 saturated carbocycles. The highest BCUT2D eigenvalue weighted by Gasteiger charge is 2.31. The number of anilines is 1. The highest BCUT2D eigenvalue weighted by Crippen LogP contribution is 2.25. The number of carbonyl (C=O) groups is 2. The van der Waals surface area contributed by atoms with E-state index in [4.69, 9.17) is 0 Å². The summed E-state index contributed by atoms with van der Waals surface area (Å²) in [5, 5.41) is 5.85. The molecule has 0 bridgehead atoms. The predicted molar refractivity (Wildman–Crippen MR) is 99.6 cm³/mol. The zero-order valence-corrected chi connectivity index (χ0v) is 15.2. The number of hydrogen-bond donors (Lipinski definition) is 0. The molecule has 5 heteroatoms. The summed E-state index contributed by atoms with van der Waals surface area (Å²) in [7, 11) is 0. The van der Waals surface area contributed by atoms with E-state index in [1.54, 1.807) is 0 Å². The topological polar surface area (TPSA) is 53.0 Å². The molecule has 1 fully saturated rings. The lowest BCUT2D eigenvalue weighted by Crippen LogP contribution is -2.46. The first-order chi connectivity index (χ1) is 12.1. The van der Waals surface area contributed by atoms with Crippen LogP contribution in [0.4, 0.5) is 5.69 Å². The van der Waals surface area contributed by atoms with E-state index in [0.717, 1.165) is 24.1 Å². The van der Waals surface area contributed by atoms with Gasteiger partial charge in [-0.1, -0.05) is 31.4 Å². The molecule has 1 aliphatic carbocycles. The Kier molecular flexibility index (Phi) is 5.51. The molecule has 0 unspecified atom stereocenters. The fourth-order valence-corrected chi connectivity index (χ4v) is 3.79. The summed E-state index contributed by atoms with van der Waals surface area (Å²) >= 11 is 0. The number of nitrogens with zero attached hydrogens (tertiary/aromatic N) is 3. The van der Waals surface area contributed by atoms with E-state index < -0.39 is 0 Å². The van der Waals surface area contributed by atoms with Gasteiger partial charge in [0, 0.05) is 25.4 Å². The molecule has 2 amide bonds. The molecule has 0 atom stereocenters. The Labute approximate surface area is 149 Å². The number of rotatable bonds is 4. The van der Waals surface area contributed by atoms with E-state index >= 15 is 0 Å². The van der Waals surface area contributed by atoms with Crippen molar-refractivity contribution in [2.24, 2.45) is 5.10 Å². The second-order valence-corrected chi connectivity index (χ2v) is 6.97. The van der Waals surface area contributed by atoms with Crippen LogP contribution in [0.2, 0.25) is 0 Å². The van der Waals surface area contributed by atoms with E-state index in [2.05, 4.69) is 5.10 Å². The minimum atomic E-state index is -0.0529. The Bertz CT molecular complexity index is 677. The molecule has 3 rings (SSSR count). The van der Waals surface area contributed by atoms with Crippen molar-refractivity contribution in [2.75, 3.05) is 11.6 Å². The van der Waals surface area contributed by atoms with Gasteiger partial charge in [0.2, 0.25) is 5.91 Å². The maximum atomic E-state index is 13.0. The fourth-order valence-electron chi connectivity index (χ4n) is 3.79. The van der Waals surface area contributed by atoms with E-state index in [1.807, 2.05) is 43.0 Å². The van der Waals surface area contributed by atoms with E-state index in [0.29, 0.717) is 31.1 Å². The zero-order chi connectivity index (χ0) is 17.8. The summed E-state index contributed by atoms with van der Waals surface area (Å²) in [6.45, 7) is 4.70. The second-order valence-electron chi connectivity index (χ2n) is 6.97. The average Bonchev–Trinajstić information content (AvgIpc) is 2.63. The standard InChI is InChI=1S/C20H27N3O2/c1-3-22(16-9-5-4-6-10-16)20(25)18-12-13-19(24)23(21-18)17-11-7-8-15(2)14-17/h7-8,11,14,16H,3-6,9-10,12-13H2,1-2H3. The van der Waals surface area contributed by atoms with Crippen LogP contribution in [0.25, 0.3) is 0 Å². The molecule has 134 valence electrons. The molecule has 0 N–H and O–H groups in total. The number of aryl methyl sites for hydroxylation is 1. The maximum Gasteiger partial charge on any atom is 0.270 e. The molecule has 1 heterocycles. The number of amides is 2. The van der Waals surface area contributed by atoms with Gasteiger partial charge >= 0.3 is 0 Å². The third-order valence-corrected chi connectivity index (χ3v) is 5.14. The Hall–Kier alpha value is -2.17. The van der Waals surface area contributed by atoms with Crippen LogP contribution in [-0.2, 0) is 9.59 Å². The first kappa shape index (κ1) is 17.6. The van der Waals surface area contributed by atoms with E-state index in [9.17, 15) is 9.59 Å². The van der Waals surface area contributed by atoms with Crippen molar-refractivity contribution >= 4 is 23.2 Å². The van der Waals surface area contributed by atoms with Crippen LogP contribution in [0.1, 0.15) is 57.4 Å². The maximum absolute atomic E-state index is 13.0. The molecule has 1 aromatic rings. The largest absolute Gasteiger partial charge is 0.335 e. The summed E-state index contributed by atoms with van der Waals surface area (Å²) in [5.41, 5.74) is 2.31. The van der Waals surface area contributed by atoms with Crippen molar-refractivity contribution < 1.29 is 9.59 Å². The molecule has 0 saturated heterocycles. The van der Waals surface area contributed by atoms with Crippen molar-refractivity contribution in [3.8, 4) is 0 Å². The summed E-state index contributed by atoms with van der Waals surface area (Å²) in [5.74, 6) is -0.0533. The number of carbonyl (C=O) groups excluding carboxylic acids is 2. The van der Waals surface area contributed by atoms with Crippen molar-refractivity contribution in [3.63, 3.8) is 0 Å². The monoisotopic (exact) mass is 341 g/mol. The van der Waals surface area contributed by atoms with Crippen molar-refractivity contribution in [3.05, 3.63) is 29.8 Å². The lowest BCUT2D eigenvalue weighted by Gasteiger charge is -2.34. The minimum Gasteiger partial charge on any atom is -0.335 e. The van der Waals surface area contributed by atoms with Crippen molar-refractivity contribution in [2.45, 2.75) is 64.8 Å². The zero-order valence-electron chi connectivity index (χ0n) is 15.2. The molecule has 2 aliphatic rings. The van der Waals surface area contributed by atoms with Crippen LogP contribution in [0.5, 0.6) is 0 Å². The SMILES string of the molecule is CCN(C(=O)C1=NN(c2cccc(C)c2)C(=O)CC1)C1CCCCC1. The summed E-state index contributed by atoms with van der Waals surface area (Å²) in [6.07, 6.45) is 6.56. The molecular weight excluding hydrogens is 314 g/mol. The van der Waals surface area contributed by atoms with Gasteiger partial charge in [0.15, 0.2) is 0 Å². The van der Waals surface area contributed by atoms with Crippen molar-refractivity contribution in [1.82, 2.24) is 4.90 Å². The third kappa shape index (κ3) is 3.91. The highest BCUT2D eigenvalue weighted by atomic mass is 16.2. The van der Waals surface area contributed by atoms with Crippen LogP contribution in [0.3, 0.4) is 0 Å². The van der Waals surface area contributed by atoms with Gasteiger partial charge in [-0.2, -0.15) is 5.10 Å². The molecule has 0 aromatic heterocycles. The number of hydrogen-bond acceptors (Lipinski definition) is 3. The van der Waals surface area contributed by atoms with E-state index in [1.165, 1.54) is 24.3 Å². The molecule has 1 aromatic carbocycles. The Balaban J connectivity index is 1.83. The number of benzene rings is 1. The van der Waals surface area contributed by atoms with Gasteiger partial charge in [0.05, 0.1) is 5.69 Å². The van der Waals surface area contributed by atoms with E-state index in [-0.39, 0.29) is 11.8 Å². The summed E-state index contributed by atoms with van der Waals surface area (Å²) in [6, 6.07) is 7.99. The highest BCUT2D eigenvalue weighted by molar-refractivity contribution is 6.40. The smallest absolute Gasteiger partial charge is 0.270 e. The molecular formula is C20H27N3O2. The van der Waals surface area contributed by atoms with Crippen LogP contribution in [-0.4, -0.2) is 35.0 Å². The lowest BCUT2D eigenvalue weighted by molar-refractivity contribution is -0.127.